The first-order valence-corrected chi connectivity index (χ1v) is 9.90. The highest BCUT2D eigenvalue weighted by Gasteiger charge is 2.21. The van der Waals surface area contributed by atoms with Gasteiger partial charge in [-0.3, -0.25) is 0 Å². The van der Waals surface area contributed by atoms with Gasteiger partial charge in [-0.2, -0.15) is 0 Å². The zero-order chi connectivity index (χ0) is 18.2. The van der Waals surface area contributed by atoms with Gasteiger partial charge in [-0.15, -0.1) is 0 Å². The molecule has 0 N–H and O–H groups in total. The van der Waals surface area contributed by atoms with Crippen LogP contribution in [0.3, 0.4) is 0 Å². The number of allylic oxidation sites excluding steroid dienone is 8. The summed E-state index contributed by atoms with van der Waals surface area (Å²) in [5.74, 6) is 0. The molecule has 2 aromatic carbocycles. The Morgan fingerprint density at radius 1 is 0.815 bits per heavy atom. The van der Waals surface area contributed by atoms with Crippen molar-refractivity contribution in [3.05, 3.63) is 118 Å². The van der Waals surface area contributed by atoms with Crippen LogP contribution in [-0.4, -0.2) is 0 Å². The zero-order valence-corrected chi connectivity index (χ0v) is 15.7. The third-order valence-corrected chi connectivity index (χ3v) is 5.96. The van der Waals surface area contributed by atoms with Crippen molar-refractivity contribution in [1.29, 1.82) is 0 Å². The van der Waals surface area contributed by atoms with E-state index in [9.17, 15) is 0 Å². The van der Waals surface area contributed by atoms with Crippen molar-refractivity contribution in [2.75, 3.05) is 0 Å². The van der Waals surface area contributed by atoms with E-state index in [1.54, 1.807) is 0 Å². The molecule has 0 spiro atoms. The quantitative estimate of drug-likeness (QED) is 0.518. The van der Waals surface area contributed by atoms with Gasteiger partial charge in [0.2, 0.25) is 0 Å². The maximum Gasteiger partial charge on any atom is -0.00137 e. The Labute approximate surface area is 161 Å². The molecule has 3 aliphatic carbocycles. The molecule has 2 aromatic rings. The van der Waals surface area contributed by atoms with Crippen LogP contribution in [-0.2, 0) is 12.8 Å². The van der Waals surface area contributed by atoms with Crippen LogP contribution in [0.25, 0.3) is 11.6 Å². The van der Waals surface area contributed by atoms with Gasteiger partial charge < -0.3 is 0 Å². The van der Waals surface area contributed by atoms with Crippen molar-refractivity contribution < 1.29 is 0 Å². The van der Waals surface area contributed by atoms with E-state index in [2.05, 4.69) is 79.4 Å². The third-order valence-electron chi connectivity index (χ3n) is 5.96. The Bertz CT molecular complexity index is 1050. The molecule has 0 aliphatic heterocycles. The molecule has 0 aromatic heterocycles. The van der Waals surface area contributed by atoms with Crippen molar-refractivity contribution in [3.63, 3.8) is 0 Å². The second-order valence-corrected chi connectivity index (χ2v) is 7.82. The summed E-state index contributed by atoms with van der Waals surface area (Å²) in [5.41, 5.74) is 12.9. The normalized spacial score (nSPS) is 17.0. The molecule has 27 heavy (non-hydrogen) atoms. The van der Waals surface area contributed by atoms with Gasteiger partial charge >= 0.3 is 0 Å². The van der Waals surface area contributed by atoms with E-state index in [-0.39, 0.29) is 0 Å². The van der Waals surface area contributed by atoms with E-state index in [0.717, 1.165) is 32.1 Å². The van der Waals surface area contributed by atoms with Crippen molar-refractivity contribution in [3.8, 4) is 0 Å². The van der Waals surface area contributed by atoms with E-state index >= 15 is 0 Å². The minimum absolute atomic E-state index is 0.985. The second kappa shape index (κ2) is 6.70. The van der Waals surface area contributed by atoms with Gasteiger partial charge in [0, 0.05) is 0 Å². The fourth-order valence-electron chi connectivity index (χ4n) is 4.64. The third kappa shape index (κ3) is 3.06. The summed E-state index contributed by atoms with van der Waals surface area (Å²) in [6, 6.07) is 17.5. The van der Waals surface area contributed by atoms with Gasteiger partial charge in [0.25, 0.3) is 0 Å². The van der Waals surface area contributed by atoms with Gasteiger partial charge in [-0.25, -0.2) is 0 Å². The van der Waals surface area contributed by atoms with Crippen molar-refractivity contribution in [2.45, 2.75) is 32.1 Å². The molecule has 0 heterocycles. The number of benzene rings is 2. The summed E-state index contributed by atoms with van der Waals surface area (Å²) in [4.78, 5) is 0. The Morgan fingerprint density at radius 2 is 1.59 bits per heavy atom. The van der Waals surface area contributed by atoms with Crippen LogP contribution in [0.1, 0.15) is 41.5 Å². The summed E-state index contributed by atoms with van der Waals surface area (Å²) in [6.45, 7) is 4.43. The van der Waals surface area contributed by atoms with Crippen molar-refractivity contribution in [2.24, 2.45) is 0 Å². The molecule has 0 radical (unpaired) electrons. The van der Waals surface area contributed by atoms with Crippen LogP contribution < -0.4 is 0 Å². The molecule has 3 aliphatic rings. The van der Waals surface area contributed by atoms with Crippen LogP contribution in [0.4, 0.5) is 0 Å². The van der Waals surface area contributed by atoms with Crippen LogP contribution >= 0.6 is 0 Å². The molecule has 5 rings (SSSR count). The van der Waals surface area contributed by atoms with E-state index in [4.69, 9.17) is 0 Å². The standard InChI is InChI=1S/C27H24/c1-19(16-24-14-13-20-7-4-5-11-26(20)24)15-23-10-6-12-27(23)25-17-21-8-2-3-9-22(21)18-25/h2-5,7-12,14,17H,1,6,13,15-16,18H2. The predicted molar refractivity (Wildman–Crippen MR) is 115 cm³/mol. The molecule has 0 saturated heterocycles. The van der Waals surface area contributed by atoms with Crippen molar-refractivity contribution in [1.82, 2.24) is 0 Å². The summed E-state index contributed by atoms with van der Waals surface area (Å²) >= 11 is 0. The minimum Gasteiger partial charge on any atom is -0.0992 e. The minimum atomic E-state index is 0.985. The lowest BCUT2D eigenvalue weighted by molar-refractivity contribution is 1.07. The van der Waals surface area contributed by atoms with Crippen LogP contribution in [0.2, 0.25) is 0 Å². The summed E-state index contributed by atoms with van der Waals surface area (Å²) in [5, 5.41) is 0. The van der Waals surface area contributed by atoms with E-state index in [1.807, 2.05) is 0 Å². The number of hydrogen-bond acceptors (Lipinski definition) is 0. The molecule has 0 amide bonds. The topological polar surface area (TPSA) is 0 Å². The highest BCUT2D eigenvalue weighted by Crippen LogP contribution is 2.39. The molecule has 0 heteroatoms. The Balaban J connectivity index is 1.28. The first-order valence-electron chi connectivity index (χ1n) is 9.90. The van der Waals surface area contributed by atoms with E-state index < -0.39 is 0 Å². The summed E-state index contributed by atoms with van der Waals surface area (Å²) in [7, 11) is 0. The van der Waals surface area contributed by atoms with Crippen LogP contribution in [0, 0.1) is 0 Å². The van der Waals surface area contributed by atoms with Crippen molar-refractivity contribution >= 4 is 11.6 Å². The fourth-order valence-corrected chi connectivity index (χ4v) is 4.64. The summed E-state index contributed by atoms with van der Waals surface area (Å²) in [6.07, 6.45) is 14.7. The molecule has 0 saturated carbocycles. The molecule has 0 atom stereocenters. The maximum atomic E-state index is 4.43. The molecule has 0 fully saturated rings. The number of rotatable bonds is 5. The number of fused-ring (bicyclic) bond motifs is 2. The first kappa shape index (κ1) is 16.3. The van der Waals surface area contributed by atoms with Gasteiger partial charge in [-0.05, 0) is 76.7 Å². The smallest absolute Gasteiger partial charge is 0.00137 e. The van der Waals surface area contributed by atoms with Gasteiger partial charge in [0.05, 0.1) is 0 Å². The Hall–Kier alpha value is -2.86. The van der Waals surface area contributed by atoms with E-state index in [1.165, 1.54) is 50.1 Å². The molecule has 0 nitrogen and oxygen atoms in total. The zero-order valence-electron chi connectivity index (χ0n) is 15.7. The lowest BCUT2D eigenvalue weighted by Gasteiger charge is -2.13. The fraction of sp³-hybridized carbons (Fsp3) is 0.185. The maximum absolute atomic E-state index is 4.43. The molecule has 0 unspecified atom stereocenters. The van der Waals surface area contributed by atoms with Gasteiger partial charge in [0.1, 0.15) is 0 Å². The highest BCUT2D eigenvalue weighted by molar-refractivity contribution is 5.75. The van der Waals surface area contributed by atoms with Gasteiger partial charge in [0.15, 0.2) is 0 Å². The Morgan fingerprint density at radius 3 is 2.48 bits per heavy atom. The molecular weight excluding hydrogens is 324 g/mol. The monoisotopic (exact) mass is 348 g/mol. The average Bonchev–Trinajstić information content (AvgIpc) is 3.40. The largest absolute Gasteiger partial charge is 0.0992 e. The molecule has 0 bridgehead atoms. The Kier molecular flexibility index (Phi) is 4.05. The highest BCUT2D eigenvalue weighted by atomic mass is 14.3. The van der Waals surface area contributed by atoms with Crippen LogP contribution in [0.5, 0.6) is 0 Å². The van der Waals surface area contributed by atoms with Crippen LogP contribution in [0.15, 0.2) is 95.6 Å². The predicted octanol–water partition coefficient (Wildman–Crippen LogP) is 6.86. The lowest BCUT2D eigenvalue weighted by Crippen LogP contribution is -1.95. The molecule has 132 valence electrons. The average molecular weight is 348 g/mol. The number of hydrogen-bond donors (Lipinski definition) is 0. The second-order valence-electron chi connectivity index (χ2n) is 7.82. The lowest BCUT2D eigenvalue weighted by atomic mass is 9.91. The molecular formula is C27H24. The van der Waals surface area contributed by atoms with E-state index in [0.29, 0.717) is 0 Å². The van der Waals surface area contributed by atoms with Gasteiger partial charge in [-0.1, -0.05) is 85.0 Å². The first-order chi connectivity index (χ1) is 13.3. The SMILES string of the molecule is C=C(CC1=CCC=C1C1=Cc2ccccc2C1)CC1=CCc2ccccc21. The summed E-state index contributed by atoms with van der Waals surface area (Å²) < 4.78 is 0.